The number of nitrogens with one attached hydrogen (secondary N) is 1. The number of amides is 2. The second-order valence-corrected chi connectivity index (χ2v) is 6.98. The summed E-state index contributed by atoms with van der Waals surface area (Å²) in [7, 11) is 3.78. The number of hydrogen-bond acceptors (Lipinski definition) is 3. The van der Waals surface area contributed by atoms with Crippen LogP contribution in [0.15, 0.2) is 42.5 Å². The third-order valence-corrected chi connectivity index (χ3v) is 4.66. The largest absolute Gasteiger partial charge is 0.377 e. The molecule has 1 fully saturated rings. The van der Waals surface area contributed by atoms with E-state index in [0.29, 0.717) is 11.3 Å². The highest BCUT2D eigenvalue weighted by atomic mass is 19.1. The van der Waals surface area contributed by atoms with Crippen molar-refractivity contribution < 1.29 is 14.0 Å². The highest BCUT2D eigenvalue weighted by molar-refractivity contribution is 6.02. The average molecular weight is 369 g/mol. The lowest BCUT2D eigenvalue weighted by molar-refractivity contribution is -0.115. The molecule has 3 rings (SSSR count). The molecule has 2 aromatic rings. The molecule has 0 aromatic heterocycles. The Labute approximate surface area is 158 Å². The van der Waals surface area contributed by atoms with Gasteiger partial charge in [-0.25, -0.2) is 4.39 Å². The first-order valence-electron chi connectivity index (χ1n) is 9.09. The van der Waals surface area contributed by atoms with Crippen LogP contribution < -0.4 is 10.2 Å². The van der Waals surface area contributed by atoms with E-state index in [9.17, 15) is 14.0 Å². The Morgan fingerprint density at radius 2 is 1.74 bits per heavy atom. The molecule has 0 radical (unpaired) electrons. The van der Waals surface area contributed by atoms with Gasteiger partial charge in [0.1, 0.15) is 5.82 Å². The predicted octanol–water partition coefficient (Wildman–Crippen LogP) is 3.31. The summed E-state index contributed by atoms with van der Waals surface area (Å²) in [5, 5.41) is 2.84. The number of benzene rings is 2. The van der Waals surface area contributed by atoms with Crippen molar-refractivity contribution in [3.63, 3.8) is 0 Å². The number of carbonyl (C=O) groups is 2. The van der Waals surface area contributed by atoms with Crippen molar-refractivity contribution in [2.45, 2.75) is 19.3 Å². The van der Waals surface area contributed by atoms with Gasteiger partial charge in [0.2, 0.25) is 5.91 Å². The van der Waals surface area contributed by atoms with E-state index in [2.05, 4.69) is 5.32 Å². The molecule has 1 saturated heterocycles. The molecule has 0 unspecified atom stereocenters. The van der Waals surface area contributed by atoms with Gasteiger partial charge in [0, 0.05) is 38.6 Å². The van der Waals surface area contributed by atoms with E-state index < -0.39 is 0 Å². The van der Waals surface area contributed by atoms with Gasteiger partial charge in [-0.3, -0.25) is 9.59 Å². The summed E-state index contributed by atoms with van der Waals surface area (Å²) >= 11 is 0. The van der Waals surface area contributed by atoms with Crippen LogP contribution in [0.1, 0.15) is 28.8 Å². The van der Waals surface area contributed by atoms with Crippen LogP contribution in [0.4, 0.5) is 15.8 Å². The lowest BCUT2D eigenvalue weighted by Gasteiger charge is -2.22. The topological polar surface area (TPSA) is 52.7 Å². The Balaban J connectivity index is 1.77. The highest BCUT2D eigenvalue weighted by Gasteiger charge is 2.23. The van der Waals surface area contributed by atoms with E-state index in [0.717, 1.165) is 37.2 Å². The molecule has 0 saturated carbocycles. The maximum atomic E-state index is 13.0. The van der Waals surface area contributed by atoms with E-state index in [4.69, 9.17) is 0 Å². The van der Waals surface area contributed by atoms with E-state index >= 15 is 0 Å². The number of likely N-dealkylation sites (tertiary alicyclic amines) is 1. The third kappa shape index (κ3) is 4.64. The minimum atomic E-state index is -0.330. The van der Waals surface area contributed by atoms with Gasteiger partial charge in [0.15, 0.2) is 0 Å². The maximum absolute atomic E-state index is 13.0. The molecule has 1 N–H and O–H groups in total. The standard InChI is InChI=1S/C21H24FN3O2/c1-24(2)19-10-9-17(14-18(19)21(27)25-11-3-4-12-25)23-20(26)13-15-5-7-16(22)8-6-15/h5-10,14H,3-4,11-13H2,1-2H3,(H,23,26). The minimum Gasteiger partial charge on any atom is -0.377 e. The van der Waals surface area contributed by atoms with Gasteiger partial charge in [-0.05, 0) is 48.7 Å². The first-order valence-corrected chi connectivity index (χ1v) is 9.09. The van der Waals surface area contributed by atoms with E-state index in [1.807, 2.05) is 30.0 Å². The van der Waals surface area contributed by atoms with Gasteiger partial charge in [0.25, 0.3) is 5.91 Å². The molecule has 0 spiro atoms. The number of halogens is 1. The number of carbonyl (C=O) groups excluding carboxylic acids is 2. The van der Waals surface area contributed by atoms with Crippen LogP contribution in [-0.2, 0) is 11.2 Å². The van der Waals surface area contributed by atoms with Crippen molar-refractivity contribution >= 4 is 23.2 Å². The molecule has 27 heavy (non-hydrogen) atoms. The van der Waals surface area contributed by atoms with Crippen LogP contribution >= 0.6 is 0 Å². The van der Waals surface area contributed by atoms with Gasteiger partial charge < -0.3 is 15.1 Å². The van der Waals surface area contributed by atoms with Crippen LogP contribution in [0.3, 0.4) is 0 Å². The quantitative estimate of drug-likeness (QED) is 0.880. The Bertz CT molecular complexity index is 828. The van der Waals surface area contributed by atoms with Crippen LogP contribution in [-0.4, -0.2) is 43.9 Å². The normalized spacial score (nSPS) is 13.5. The summed E-state index contributed by atoms with van der Waals surface area (Å²) in [6, 6.07) is 11.2. The fourth-order valence-electron chi connectivity index (χ4n) is 3.26. The first kappa shape index (κ1) is 18.9. The molecule has 0 aliphatic carbocycles. The molecular weight excluding hydrogens is 345 g/mol. The van der Waals surface area contributed by atoms with E-state index in [1.54, 1.807) is 24.3 Å². The molecule has 1 aliphatic rings. The molecule has 2 aromatic carbocycles. The molecule has 6 heteroatoms. The van der Waals surface area contributed by atoms with Crippen LogP contribution in [0.25, 0.3) is 0 Å². The van der Waals surface area contributed by atoms with Crippen LogP contribution in [0, 0.1) is 5.82 Å². The summed E-state index contributed by atoms with van der Waals surface area (Å²) in [6.45, 7) is 1.54. The summed E-state index contributed by atoms with van der Waals surface area (Å²) in [4.78, 5) is 28.9. The van der Waals surface area contributed by atoms with Crippen molar-refractivity contribution in [2.24, 2.45) is 0 Å². The SMILES string of the molecule is CN(C)c1ccc(NC(=O)Cc2ccc(F)cc2)cc1C(=O)N1CCCC1. The summed E-state index contributed by atoms with van der Waals surface area (Å²) < 4.78 is 13.0. The zero-order valence-electron chi connectivity index (χ0n) is 15.7. The fraction of sp³-hybridized carbons (Fsp3) is 0.333. The maximum Gasteiger partial charge on any atom is 0.256 e. The molecule has 0 bridgehead atoms. The van der Waals surface area contributed by atoms with Crippen molar-refractivity contribution in [1.82, 2.24) is 4.90 Å². The number of hydrogen-bond donors (Lipinski definition) is 1. The Hall–Kier alpha value is -2.89. The zero-order chi connectivity index (χ0) is 19.4. The summed E-state index contributed by atoms with van der Waals surface area (Å²) in [5.74, 6) is -0.548. The number of nitrogens with zero attached hydrogens (tertiary/aromatic N) is 2. The van der Waals surface area contributed by atoms with Gasteiger partial charge in [-0.1, -0.05) is 12.1 Å². The van der Waals surface area contributed by atoms with Gasteiger partial charge in [-0.2, -0.15) is 0 Å². The van der Waals surface area contributed by atoms with Gasteiger partial charge in [0.05, 0.1) is 12.0 Å². The van der Waals surface area contributed by atoms with Crippen molar-refractivity contribution in [2.75, 3.05) is 37.4 Å². The highest BCUT2D eigenvalue weighted by Crippen LogP contribution is 2.26. The second kappa shape index (κ2) is 8.20. The fourth-order valence-corrected chi connectivity index (χ4v) is 3.26. The number of rotatable bonds is 5. The number of anilines is 2. The lowest BCUT2D eigenvalue weighted by Crippen LogP contribution is -2.29. The Morgan fingerprint density at radius 1 is 1.07 bits per heavy atom. The lowest BCUT2D eigenvalue weighted by atomic mass is 10.1. The van der Waals surface area contributed by atoms with Crippen molar-refractivity contribution in [3.8, 4) is 0 Å². The molecule has 0 atom stereocenters. The monoisotopic (exact) mass is 369 g/mol. The smallest absolute Gasteiger partial charge is 0.256 e. The minimum absolute atomic E-state index is 0.00849. The van der Waals surface area contributed by atoms with E-state index in [-0.39, 0.29) is 24.1 Å². The molecule has 5 nitrogen and oxygen atoms in total. The van der Waals surface area contributed by atoms with Gasteiger partial charge >= 0.3 is 0 Å². The zero-order valence-corrected chi connectivity index (χ0v) is 15.7. The third-order valence-electron chi connectivity index (χ3n) is 4.66. The molecule has 142 valence electrons. The van der Waals surface area contributed by atoms with Crippen LogP contribution in [0.2, 0.25) is 0 Å². The average Bonchev–Trinajstić information content (AvgIpc) is 3.17. The Morgan fingerprint density at radius 3 is 2.37 bits per heavy atom. The van der Waals surface area contributed by atoms with Crippen molar-refractivity contribution in [3.05, 3.63) is 59.4 Å². The molecular formula is C21H24FN3O2. The second-order valence-electron chi connectivity index (χ2n) is 6.98. The summed E-state index contributed by atoms with van der Waals surface area (Å²) in [5.41, 5.74) is 2.72. The molecule has 1 heterocycles. The van der Waals surface area contributed by atoms with E-state index in [1.165, 1.54) is 12.1 Å². The van der Waals surface area contributed by atoms with Gasteiger partial charge in [-0.15, -0.1) is 0 Å². The van der Waals surface area contributed by atoms with Crippen molar-refractivity contribution in [1.29, 1.82) is 0 Å². The molecule has 1 aliphatic heterocycles. The summed E-state index contributed by atoms with van der Waals surface area (Å²) in [6.07, 6.45) is 2.19. The molecule has 2 amide bonds. The predicted molar refractivity (Wildman–Crippen MR) is 105 cm³/mol. The first-order chi connectivity index (χ1) is 12.9. The Kier molecular flexibility index (Phi) is 5.74. The van der Waals surface area contributed by atoms with Crippen LogP contribution in [0.5, 0.6) is 0 Å².